The fourth-order valence-electron chi connectivity index (χ4n) is 2.65. The number of hydrogen-bond acceptors (Lipinski definition) is 5. The predicted octanol–water partition coefficient (Wildman–Crippen LogP) is 2.87. The van der Waals surface area contributed by atoms with E-state index < -0.39 is 0 Å². The zero-order valence-corrected chi connectivity index (χ0v) is 15.4. The van der Waals surface area contributed by atoms with Gasteiger partial charge in [-0.25, -0.2) is 4.98 Å². The molecule has 2 amide bonds. The van der Waals surface area contributed by atoms with Crippen molar-refractivity contribution in [3.05, 3.63) is 45.9 Å². The van der Waals surface area contributed by atoms with E-state index in [1.165, 1.54) is 11.3 Å². The maximum absolute atomic E-state index is 12.3. The Labute approximate surface area is 155 Å². The van der Waals surface area contributed by atoms with Crippen molar-refractivity contribution in [2.24, 2.45) is 0 Å². The average molecular weight is 379 g/mol. The molecule has 1 aromatic heterocycles. The van der Waals surface area contributed by atoms with E-state index in [1.54, 1.807) is 29.6 Å². The third-order valence-corrected chi connectivity index (χ3v) is 5.09. The molecule has 2 N–H and O–H groups in total. The van der Waals surface area contributed by atoms with Gasteiger partial charge in [0.1, 0.15) is 5.69 Å². The van der Waals surface area contributed by atoms with E-state index in [0.717, 1.165) is 25.9 Å². The molecule has 8 heteroatoms. The summed E-state index contributed by atoms with van der Waals surface area (Å²) in [5, 5.41) is 8.23. The molecule has 2 heterocycles. The molecule has 132 valence electrons. The fourth-order valence-corrected chi connectivity index (χ4v) is 3.52. The number of aromatic nitrogens is 1. The van der Waals surface area contributed by atoms with Gasteiger partial charge in [0.25, 0.3) is 11.8 Å². The topological polar surface area (TPSA) is 74.3 Å². The van der Waals surface area contributed by atoms with Gasteiger partial charge in [0.05, 0.1) is 0 Å². The number of hydrogen-bond donors (Lipinski definition) is 2. The van der Waals surface area contributed by atoms with Crippen LogP contribution in [0.1, 0.15) is 33.7 Å². The highest BCUT2D eigenvalue weighted by Gasteiger charge is 2.20. The highest BCUT2D eigenvalue weighted by atomic mass is 35.5. The van der Waals surface area contributed by atoms with Crippen molar-refractivity contribution in [2.45, 2.75) is 18.9 Å². The molecule has 1 saturated heterocycles. The maximum atomic E-state index is 12.3. The van der Waals surface area contributed by atoms with Gasteiger partial charge in [-0.2, -0.15) is 0 Å². The van der Waals surface area contributed by atoms with Gasteiger partial charge in [-0.05, 0) is 51.2 Å². The van der Waals surface area contributed by atoms with Crippen LogP contribution in [0.2, 0.25) is 5.02 Å². The summed E-state index contributed by atoms with van der Waals surface area (Å²) in [7, 11) is 2.08. The van der Waals surface area contributed by atoms with Gasteiger partial charge >= 0.3 is 0 Å². The molecule has 0 aliphatic carbocycles. The summed E-state index contributed by atoms with van der Waals surface area (Å²) in [6.07, 6.45) is 1.87. The number of benzene rings is 1. The number of rotatable bonds is 4. The van der Waals surface area contributed by atoms with Gasteiger partial charge in [0.15, 0.2) is 5.13 Å². The number of halogens is 1. The molecule has 0 atom stereocenters. The number of likely N-dealkylation sites (tertiary alicyclic amines) is 1. The molecular formula is C17H19ClN4O2S. The van der Waals surface area contributed by atoms with Crippen molar-refractivity contribution >= 4 is 39.9 Å². The second kappa shape index (κ2) is 7.95. The monoisotopic (exact) mass is 378 g/mol. The molecule has 0 saturated carbocycles. The van der Waals surface area contributed by atoms with Crippen molar-refractivity contribution in [3.63, 3.8) is 0 Å². The van der Waals surface area contributed by atoms with Gasteiger partial charge in [-0.3, -0.25) is 14.9 Å². The van der Waals surface area contributed by atoms with E-state index in [9.17, 15) is 9.59 Å². The molecule has 0 spiro atoms. The smallest absolute Gasteiger partial charge is 0.271 e. The summed E-state index contributed by atoms with van der Waals surface area (Å²) in [5.41, 5.74) is 0.769. The van der Waals surface area contributed by atoms with E-state index in [-0.39, 0.29) is 17.9 Å². The van der Waals surface area contributed by atoms with Crippen molar-refractivity contribution in [1.29, 1.82) is 0 Å². The standard InChI is InChI=1S/C17H19ClN4O2S/c1-22-7-5-13(6-8-22)19-16(24)14-10-25-17(20-14)21-15(23)11-3-2-4-12(18)9-11/h2-4,9-10,13H,5-8H2,1H3,(H,19,24)(H,20,21,23). The molecule has 3 rings (SSSR count). The largest absolute Gasteiger partial charge is 0.348 e. The molecule has 25 heavy (non-hydrogen) atoms. The van der Waals surface area contributed by atoms with Crippen LogP contribution in [0.4, 0.5) is 5.13 Å². The molecule has 1 aromatic carbocycles. The second-order valence-corrected chi connectivity index (χ2v) is 7.35. The Morgan fingerprint density at radius 2 is 2.04 bits per heavy atom. The van der Waals surface area contributed by atoms with Crippen LogP contribution < -0.4 is 10.6 Å². The number of amides is 2. The molecular weight excluding hydrogens is 360 g/mol. The van der Waals surface area contributed by atoms with Crippen LogP contribution in [0.15, 0.2) is 29.6 Å². The first-order valence-corrected chi connectivity index (χ1v) is 9.29. The van der Waals surface area contributed by atoms with Crippen molar-refractivity contribution in [3.8, 4) is 0 Å². The first-order chi connectivity index (χ1) is 12.0. The lowest BCUT2D eigenvalue weighted by Gasteiger charge is -2.29. The maximum Gasteiger partial charge on any atom is 0.271 e. The van der Waals surface area contributed by atoms with Crippen LogP contribution in [0.3, 0.4) is 0 Å². The summed E-state index contributed by atoms with van der Waals surface area (Å²) in [5.74, 6) is -0.506. The number of nitrogens with one attached hydrogen (secondary N) is 2. The van der Waals surface area contributed by atoms with Gasteiger partial charge in [-0.15, -0.1) is 11.3 Å². The summed E-state index contributed by atoms with van der Waals surface area (Å²) in [6.45, 7) is 1.95. The minimum atomic E-state index is -0.306. The number of carbonyl (C=O) groups is 2. The molecule has 6 nitrogen and oxygen atoms in total. The predicted molar refractivity (Wildman–Crippen MR) is 99.5 cm³/mol. The van der Waals surface area contributed by atoms with Crippen LogP contribution in [0.25, 0.3) is 0 Å². The van der Waals surface area contributed by atoms with Crippen LogP contribution in [-0.2, 0) is 0 Å². The summed E-state index contributed by atoms with van der Waals surface area (Å²) < 4.78 is 0. The summed E-state index contributed by atoms with van der Waals surface area (Å²) >= 11 is 7.11. The minimum Gasteiger partial charge on any atom is -0.348 e. The summed E-state index contributed by atoms with van der Waals surface area (Å²) in [4.78, 5) is 30.9. The first-order valence-electron chi connectivity index (χ1n) is 8.03. The van der Waals surface area contributed by atoms with Crippen molar-refractivity contribution < 1.29 is 9.59 Å². The molecule has 0 unspecified atom stereocenters. The molecule has 1 aliphatic rings. The Hall–Kier alpha value is -1.96. The van der Waals surface area contributed by atoms with Gasteiger partial charge < -0.3 is 10.2 Å². The third-order valence-electron chi connectivity index (χ3n) is 4.10. The molecule has 1 aliphatic heterocycles. The quantitative estimate of drug-likeness (QED) is 0.857. The fraction of sp³-hybridized carbons (Fsp3) is 0.353. The van der Waals surface area contributed by atoms with Crippen LogP contribution in [0, 0.1) is 0 Å². The first kappa shape index (κ1) is 17.8. The molecule has 0 radical (unpaired) electrons. The van der Waals surface area contributed by atoms with E-state index >= 15 is 0 Å². The Balaban J connectivity index is 1.58. The number of thiazole rings is 1. The normalized spacial score (nSPS) is 15.8. The van der Waals surface area contributed by atoms with Gasteiger partial charge in [0.2, 0.25) is 0 Å². The van der Waals surface area contributed by atoms with E-state index in [0.29, 0.717) is 21.4 Å². The highest BCUT2D eigenvalue weighted by molar-refractivity contribution is 7.14. The number of nitrogens with zero attached hydrogens (tertiary/aromatic N) is 2. The lowest BCUT2D eigenvalue weighted by atomic mass is 10.1. The second-order valence-electron chi connectivity index (χ2n) is 6.05. The van der Waals surface area contributed by atoms with Crippen molar-refractivity contribution in [1.82, 2.24) is 15.2 Å². The zero-order valence-electron chi connectivity index (χ0n) is 13.8. The molecule has 2 aromatic rings. The number of piperidine rings is 1. The Morgan fingerprint density at radius 1 is 1.28 bits per heavy atom. The SMILES string of the molecule is CN1CCC(NC(=O)c2csc(NC(=O)c3cccc(Cl)c3)n2)CC1. The minimum absolute atomic E-state index is 0.176. The van der Waals surface area contributed by atoms with E-state index in [4.69, 9.17) is 11.6 Å². The van der Waals surface area contributed by atoms with Crippen LogP contribution >= 0.6 is 22.9 Å². The Kier molecular flexibility index (Phi) is 5.67. The average Bonchev–Trinajstić information content (AvgIpc) is 3.05. The third kappa shape index (κ3) is 4.78. The molecule has 0 bridgehead atoms. The van der Waals surface area contributed by atoms with Crippen LogP contribution in [0.5, 0.6) is 0 Å². The molecule has 1 fully saturated rings. The van der Waals surface area contributed by atoms with E-state index in [1.807, 2.05) is 0 Å². The highest BCUT2D eigenvalue weighted by Crippen LogP contribution is 2.18. The zero-order chi connectivity index (χ0) is 17.8. The number of anilines is 1. The van der Waals surface area contributed by atoms with Gasteiger partial charge in [0, 0.05) is 22.0 Å². The number of carbonyl (C=O) groups excluding carboxylic acids is 2. The van der Waals surface area contributed by atoms with Crippen molar-refractivity contribution in [2.75, 3.05) is 25.5 Å². The Bertz CT molecular complexity index is 772. The lowest BCUT2D eigenvalue weighted by molar-refractivity contribution is 0.0911. The Morgan fingerprint density at radius 3 is 2.76 bits per heavy atom. The van der Waals surface area contributed by atoms with Crippen LogP contribution in [-0.4, -0.2) is 47.9 Å². The van der Waals surface area contributed by atoms with E-state index in [2.05, 4.69) is 27.6 Å². The van der Waals surface area contributed by atoms with Gasteiger partial charge in [-0.1, -0.05) is 17.7 Å². The summed E-state index contributed by atoms with van der Waals surface area (Å²) in [6, 6.07) is 6.84. The lowest BCUT2D eigenvalue weighted by Crippen LogP contribution is -2.43.